The summed E-state index contributed by atoms with van der Waals surface area (Å²) in [7, 11) is 0. The molecule has 0 bridgehead atoms. The smallest absolute Gasteiger partial charge is 0.273 e. The molecule has 0 saturated carbocycles. The molecule has 8 heteroatoms. The van der Waals surface area contributed by atoms with Gasteiger partial charge in [0.15, 0.2) is 0 Å². The van der Waals surface area contributed by atoms with Gasteiger partial charge in [0.2, 0.25) is 5.91 Å². The number of aromatic hydroxyl groups is 1. The zero-order valence-electron chi connectivity index (χ0n) is 13.4. The third-order valence-electron chi connectivity index (χ3n) is 3.46. The number of halogens is 1. The molecule has 2 amide bonds. The molecule has 132 valence electrons. The van der Waals surface area contributed by atoms with Crippen LogP contribution in [0.25, 0.3) is 10.6 Å². The van der Waals surface area contributed by atoms with E-state index in [1.54, 1.807) is 23.6 Å². The molecule has 0 saturated heterocycles. The van der Waals surface area contributed by atoms with Crippen LogP contribution in [-0.4, -0.2) is 21.9 Å². The lowest BCUT2D eigenvalue weighted by molar-refractivity contribution is -0.121. The van der Waals surface area contributed by atoms with Crippen molar-refractivity contribution in [3.63, 3.8) is 0 Å². The summed E-state index contributed by atoms with van der Waals surface area (Å²) in [6, 6.07) is 13.4. The lowest BCUT2D eigenvalue weighted by atomic mass is 10.2. The van der Waals surface area contributed by atoms with Gasteiger partial charge in [-0.05, 0) is 18.2 Å². The molecule has 0 aliphatic heterocycles. The number of nitrogens with one attached hydrogen (secondary N) is 2. The van der Waals surface area contributed by atoms with Gasteiger partial charge in [-0.15, -0.1) is 11.3 Å². The predicted molar refractivity (Wildman–Crippen MR) is 100.0 cm³/mol. The topological polar surface area (TPSA) is 91.3 Å². The van der Waals surface area contributed by atoms with Crippen LogP contribution in [0.5, 0.6) is 5.75 Å². The van der Waals surface area contributed by atoms with Crippen molar-refractivity contribution < 1.29 is 14.7 Å². The predicted octanol–water partition coefficient (Wildman–Crippen LogP) is 3.17. The summed E-state index contributed by atoms with van der Waals surface area (Å²) in [6.07, 6.45) is 0.00199. The van der Waals surface area contributed by atoms with Crippen LogP contribution < -0.4 is 10.9 Å². The first kappa shape index (κ1) is 17.9. The Hall–Kier alpha value is -2.90. The van der Waals surface area contributed by atoms with Gasteiger partial charge in [-0.1, -0.05) is 41.9 Å². The summed E-state index contributed by atoms with van der Waals surface area (Å²) in [5, 5.41) is 12.7. The summed E-state index contributed by atoms with van der Waals surface area (Å²) in [5.41, 5.74) is 6.01. The van der Waals surface area contributed by atoms with E-state index in [4.69, 9.17) is 11.6 Å². The number of hydrazine groups is 1. The molecule has 6 nitrogen and oxygen atoms in total. The maximum Gasteiger partial charge on any atom is 0.273 e. The lowest BCUT2D eigenvalue weighted by Gasteiger charge is -2.07. The van der Waals surface area contributed by atoms with Crippen molar-refractivity contribution in [2.75, 3.05) is 0 Å². The zero-order valence-corrected chi connectivity index (χ0v) is 15.0. The number of rotatable bonds is 4. The second-order valence-electron chi connectivity index (χ2n) is 5.32. The summed E-state index contributed by atoms with van der Waals surface area (Å²) in [4.78, 5) is 28.3. The van der Waals surface area contributed by atoms with Gasteiger partial charge >= 0.3 is 0 Å². The fourth-order valence-electron chi connectivity index (χ4n) is 2.21. The van der Waals surface area contributed by atoms with Crippen molar-refractivity contribution in [2.24, 2.45) is 0 Å². The molecule has 0 spiro atoms. The molecule has 0 unspecified atom stereocenters. The van der Waals surface area contributed by atoms with E-state index in [-0.39, 0.29) is 17.7 Å². The molecule has 0 aliphatic carbocycles. The first-order valence-corrected chi connectivity index (χ1v) is 8.87. The number of nitrogens with zero attached hydrogens (tertiary/aromatic N) is 1. The van der Waals surface area contributed by atoms with Gasteiger partial charge < -0.3 is 5.11 Å². The van der Waals surface area contributed by atoms with E-state index in [2.05, 4.69) is 15.8 Å². The Morgan fingerprint density at radius 1 is 1.08 bits per heavy atom. The highest BCUT2D eigenvalue weighted by molar-refractivity contribution is 7.13. The summed E-state index contributed by atoms with van der Waals surface area (Å²) < 4.78 is 0. The van der Waals surface area contributed by atoms with Gasteiger partial charge in [0, 0.05) is 10.9 Å². The summed E-state index contributed by atoms with van der Waals surface area (Å²) in [5.74, 6) is -1.20. The third-order valence-corrected chi connectivity index (χ3v) is 4.72. The quantitative estimate of drug-likeness (QED) is 0.599. The molecule has 0 aliphatic rings. The standard InChI is InChI=1S/C18H14ClN3O3S/c19-14-7-3-1-5-12(14)18-20-11(10-26-18)9-16(24)21-22-17(25)13-6-2-4-8-15(13)23/h1-8,10,23H,9H2,(H,21,24)(H,22,25). The Morgan fingerprint density at radius 2 is 1.81 bits per heavy atom. The highest BCUT2D eigenvalue weighted by Gasteiger charge is 2.13. The number of amides is 2. The third kappa shape index (κ3) is 4.19. The number of carbonyl (C=O) groups is 2. The first-order valence-electron chi connectivity index (χ1n) is 7.61. The molecule has 3 aromatic rings. The molecule has 26 heavy (non-hydrogen) atoms. The highest BCUT2D eigenvalue weighted by Crippen LogP contribution is 2.30. The monoisotopic (exact) mass is 387 g/mol. The first-order chi connectivity index (χ1) is 12.5. The van der Waals surface area contributed by atoms with Crippen LogP contribution in [0.3, 0.4) is 0 Å². The molecule has 0 fully saturated rings. The van der Waals surface area contributed by atoms with Crippen molar-refractivity contribution in [3.05, 3.63) is 70.2 Å². The summed E-state index contributed by atoms with van der Waals surface area (Å²) in [6.45, 7) is 0. The van der Waals surface area contributed by atoms with Crippen LogP contribution in [0.15, 0.2) is 53.9 Å². The molecule has 0 atom stereocenters. The second kappa shape index (κ2) is 7.99. The van der Waals surface area contributed by atoms with Crippen molar-refractivity contribution in [1.29, 1.82) is 0 Å². The molecule has 0 radical (unpaired) electrons. The maximum atomic E-state index is 12.0. The van der Waals surface area contributed by atoms with Gasteiger partial charge in [0.25, 0.3) is 5.91 Å². The molecular weight excluding hydrogens is 374 g/mol. The molecule has 3 N–H and O–H groups in total. The number of para-hydroxylation sites is 1. The Kier molecular flexibility index (Phi) is 5.50. The van der Waals surface area contributed by atoms with Gasteiger partial charge in [-0.2, -0.15) is 0 Å². The van der Waals surface area contributed by atoms with Crippen LogP contribution >= 0.6 is 22.9 Å². The molecular formula is C18H14ClN3O3S. The number of thiazole rings is 1. The SMILES string of the molecule is O=C(Cc1csc(-c2ccccc2Cl)n1)NNC(=O)c1ccccc1O. The number of carbonyl (C=O) groups excluding carboxylic acids is 2. The van der Waals surface area contributed by atoms with E-state index in [9.17, 15) is 14.7 Å². The molecule has 1 heterocycles. The van der Waals surface area contributed by atoms with Crippen molar-refractivity contribution in [2.45, 2.75) is 6.42 Å². The van der Waals surface area contributed by atoms with Gasteiger partial charge in [-0.25, -0.2) is 4.98 Å². The Bertz CT molecular complexity index is 958. The van der Waals surface area contributed by atoms with E-state index in [0.29, 0.717) is 10.7 Å². The van der Waals surface area contributed by atoms with E-state index in [0.717, 1.165) is 10.6 Å². The van der Waals surface area contributed by atoms with Gasteiger partial charge in [0.05, 0.1) is 22.7 Å². The number of phenols is 1. The van der Waals surface area contributed by atoms with Gasteiger partial charge in [0.1, 0.15) is 10.8 Å². The van der Waals surface area contributed by atoms with Crippen molar-refractivity contribution in [1.82, 2.24) is 15.8 Å². The van der Waals surface area contributed by atoms with Crippen LogP contribution in [-0.2, 0) is 11.2 Å². The largest absolute Gasteiger partial charge is 0.507 e. The van der Waals surface area contributed by atoms with Gasteiger partial charge in [-0.3, -0.25) is 20.4 Å². The molecule has 1 aromatic heterocycles. The fourth-order valence-corrected chi connectivity index (χ4v) is 3.35. The Morgan fingerprint density at radius 3 is 2.58 bits per heavy atom. The number of aromatic nitrogens is 1. The van der Waals surface area contributed by atoms with Crippen LogP contribution in [0.1, 0.15) is 16.1 Å². The molecule has 2 aromatic carbocycles. The second-order valence-corrected chi connectivity index (χ2v) is 6.59. The Balaban J connectivity index is 1.58. The normalized spacial score (nSPS) is 10.3. The highest BCUT2D eigenvalue weighted by atomic mass is 35.5. The average Bonchev–Trinajstić information content (AvgIpc) is 3.08. The number of hydrogen-bond donors (Lipinski definition) is 3. The number of phenolic OH excluding ortho intramolecular Hbond substituents is 1. The minimum Gasteiger partial charge on any atom is -0.507 e. The fraction of sp³-hybridized carbons (Fsp3) is 0.0556. The van der Waals surface area contributed by atoms with Crippen molar-refractivity contribution in [3.8, 4) is 16.3 Å². The zero-order chi connectivity index (χ0) is 18.5. The summed E-state index contributed by atoms with van der Waals surface area (Å²) >= 11 is 7.53. The minimum absolute atomic E-state index is 0.00199. The van der Waals surface area contributed by atoms with E-state index < -0.39 is 11.8 Å². The maximum absolute atomic E-state index is 12.0. The van der Waals surface area contributed by atoms with Crippen LogP contribution in [0, 0.1) is 0 Å². The van der Waals surface area contributed by atoms with Crippen LogP contribution in [0.2, 0.25) is 5.02 Å². The number of benzene rings is 2. The number of hydrogen-bond acceptors (Lipinski definition) is 5. The van der Waals surface area contributed by atoms with E-state index >= 15 is 0 Å². The van der Waals surface area contributed by atoms with Crippen molar-refractivity contribution >= 4 is 34.8 Å². The lowest BCUT2D eigenvalue weighted by Crippen LogP contribution is -2.42. The van der Waals surface area contributed by atoms with E-state index in [1.807, 2.05) is 18.2 Å². The Labute approximate surface area is 158 Å². The molecule has 3 rings (SSSR count). The minimum atomic E-state index is -0.605. The average molecular weight is 388 g/mol. The van der Waals surface area contributed by atoms with E-state index in [1.165, 1.54) is 23.5 Å². The van der Waals surface area contributed by atoms with Crippen LogP contribution in [0.4, 0.5) is 0 Å².